The number of anilines is 1. The fraction of sp³-hybridized carbons (Fsp3) is 0.200. The van der Waals surface area contributed by atoms with Crippen LogP contribution in [0.3, 0.4) is 0 Å². The van der Waals surface area contributed by atoms with Gasteiger partial charge in [0.05, 0.1) is 17.8 Å². The Morgan fingerprint density at radius 1 is 0.921 bits per heavy atom. The molecule has 0 radical (unpaired) electrons. The molecule has 190 valence electrons. The Hall–Kier alpha value is -3.74. The van der Waals surface area contributed by atoms with Gasteiger partial charge in [-0.3, -0.25) is 19.2 Å². The van der Waals surface area contributed by atoms with Gasteiger partial charge in [0.25, 0.3) is 0 Å². The maximum absolute atomic E-state index is 14.4. The van der Waals surface area contributed by atoms with Crippen molar-refractivity contribution < 1.29 is 23.9 Å². The largest absolute Gasteiger partial charge is 0.424 e. The third kappa shape index (κ3) is 3.20. The van der Waals surface area contributed by atoms with Crippen molar-refractivity contribution in [3.05, 3.63) is 99.0 Å². The molecule has 3 aromatic rings. The topological polar surface area (TPSA) is 80.8 Å². The van der Waals surface area contributed by atoms with Crippen LogP contribution in [0.4, 0.5) is 5.69 Å². The van der Waals surface area contributed by atoms with Crippen molar-refractivity contribution in [3.63, 3.8) is 0 Å². The first kappa shape index (κ1) is 24.6. The summed E-state index contributed by atoms with van der Waals surface area (Å²) in [5, 5.41) is 0.639. The number of fused-ring (bicyclic) bond motifs is 5. The molecular formula is C30H21Cl2NO5. The molecule has 2 heterocycles. The first-order valence-corrected chi connectivity index (χ1v) is 12.9. The van der Waals surface area contributed by atoms with Crippen LogP contribution < -0.4 is 9.64 Å². The van der Waals surface area contributed by atoms with Crippen molar-refractivity contribution in [1.29, 1.82) is 0 Å². The zero-order valence-electron chi connectivity index (χ0n) is 20.4. The molecule has 8 heteroatoms. The van der Waals surface area contributed by atoms with Crippen LogP contribution in [0.15, 0.2) is 66.7 Å². The standard InChI is InChI=1S/C30H21Cl2NO5/c1-15(34)26-25(21-12-11-18(31)14-22(21)32)30(28(36)19-7-3-4-8-20(19)29(30)37)24-13-10-17-6-5-9-23(38-16(2)35)27(17)33(24)26/h3-14,24-26H,1-2H3/t24-,25+,26-/m1/s1. The van der Waals surface area contributed by atoms with Gasteiger partial charge in [-0.15, -0.1) is 0 Å². The van der Waals surface area contributed by atoms with E-state index in [9.17, 15) is 19.2 Å². The maximum Gasteiger partial charge on any atom is 0.308 e. The summed E-state index contributed by atoms with van der Waals surface area (Å²) in [4.78, 5) is 56.2. The van der Waals surface area contributed by atoms with Gasteiger partial charge in [0, 0.05) is 39.6 Å². The minimum atomic E-state index is -1.69. The first-order chi connectivity index (χ1) is 18.2. The molecule has 6 rings (SSSR count). The number of hydrogen-bond donors (Lipinski definition) is 0. The zero-order chi connectivity index (χ0) is 26.9. The molecule has 1 saturated heterocycles. The zero-order valence-corrected chi connectivity index (χ0v) is 21.9. The second-order valence-electron chi connectivity index (χ2n) is 9.77. The van der Waals surface area contributed by atoms with Crippen LogP contribution in [0.2, 0.25) is 10.0 Å². The summed E-state index contributed by atoms with van der Waals surface area (Å²) >= 11 is 12.9. The van der Waals surface area contributed by atoms with E-state index in [1.54, 1.807) is 71.6 Å². The van der Waals surface area contributed by atoms with Crippen molar-refractivity contribution in [2.45, 2.75) is 31.8 Å². The van der Waals surface area contributed by atoms with Crippen molar-refractivity contribution in [2.24, 2.45) is 5.41 Å². The molecule has 3 atom stereocenters. The lowest BCUT2D eigenvalue weighted by molar-refractivity contribution is -0.131. The van der Waals surface area contributed by atoms with Crippen molar-refractivity contribution in [3.8, 4) is 5.75 Å². The predicted octanol–water partition coefficient (Wildman–Crippen LogP) is 5.94. The molecule has 6 nitrogen and oxygen atoms in total. The van der Waals surface area contributed by atoms with Gasteiger partial charge in [0.15, 0.2) is 23.1 Å². The van der Waals surface area contributed by atoms with Gasteiger partial charge in [0.2, 0.25) is 0 Å². The number of benzene rings is 3. The monoisotopic (exact) mass is 545 g/mol. The molecule has 38 heavy (non-hydrogen) atoms. The summed E-state index contributed by atoms with van der Waals surface area (Å²) in [6, 6.07) is 15.0. The number of carbonyl (C=O) groups is 4. The Balaban J connectivity index is 1.70. The lowest BCUT2D eigenvalue weighted by Crippen LogP contribution is -2.48. The number of Topliss-reactive ketones (excluding diaryl/α,β-unsaturated/α-hetero) is 3. The summed E-state index contributed by atoms with van der Waals surface area (Å²) < 4.78 is 5.56. The lowest BCUT2D eigenvalue weighted by atomic mass is 9.64. The Morgan fingerprint density at radius 2 is 1.61 bits per heavy atom. The molecule has 1 fully saturated rings. The average molecular weight is 546 g/mol. The summed E-state index contributed by atoms with van der Waals surface area (Å²) in [6.07, 6.45) is 3.60. The van der Waals surface area contributed by atoms with E-state index >= 15 is 0 Å². The molecule has 1 spiro atoms. The van der Waals surface area contributed by atoms with Crippen LogP contribution in [0.25, 0.3) is 6.08 Å². The molecule has 0 saturated carbocycles. The summed E-state index contributed by atoms with van der Waals surface area (Å²) in [7, 11) is 0. The van der Waals surface area contributed by atoms with Gasteiger partial charge in [-0.1, -0.05) is 77.8 Å². The van der Waals surface area contributed by atoms with Gasteiger partial charge < -0.3 is 9.64 Å². The summed E-state index contributed by atoms with van der Waals surface area (Å²) in [5.74, 6) is -2.24. The Labute approximate surface area is 228 Å². The minimum Gasteiger partial charge on any atom is -0.424 e. The Bertz CT molecular complexity index is 1570. The number of rotatable bonds is 3. The normalized spacial score (nSPS) is 22.3. The third-order valence-electron chi connectivity index (χ3n) is 7.75. The van der Waals surface area contributed by atoms with E-state index in [-0.39, 0.29) is 28.1 Å². The minimum absolute atomic E-state index is 0.240. The Morgan fingerprint density at radius 3 is 2.21 bits per heavy atom. The van der Waals surface area contributed by atoms with Crippen molar-refractivity contribution >= 4 is 58.3 Å². The van der Waals surface area contributed by atoms with E-state index in [1.807, 2.05) is 6.07 Å². The molecule has 3 aromatic carbocycles. The molecule has 2 aliphatic heterocycles. The number of esters is 1. The molecule has 0 N–H and O–H groups in total. The molecule has 0 amide bonds. The number of para-hydroxylation sites is 1. The van der Waals surface area contributed by atoms with E-state index in [4.69, 9.17) is 27.9 Å². The van der Waals surface area contributed by atoms with E-state index in [0.29, 0.717) is 33.0 Å². The van der Waals surface area contributed by atoms with Crippen LogP contribution in [0, 0.1) is 5.41 Å². The van der Waals surface area contributed by atoms with E-state index in [0.717, 1.165) is 0 Å². The van der Waals surface area contributed by atoms with Crippen LogP contribution in [-0.2, 0) is 9.59 Å². The molecule has 0 bridgehead atoms. The number of carbonyl (C=O) groups excluding carboxylic acids is 4. The van der Waals surface area contributed by atoms with Gasteiger partial charge in [-0.2, -0.15) is 0 Å². The fourth-order valence-electron chi connectivity index (χ4n) is 6.47. The highest BCUT2D eigenvalue weighted by Crippen LogP contribution is 2.62. The molecule has 0 aromatic heterocycles. The second kappa shape index (κ2) is 8.65. The molecular weight excluding hydrogens is 525 g/mol. The SMILES string of the molecule is CC(=O)Oc1cccc2c1N1[C@H](C(C)=O)[C@H](c3ccc(Cl)cc3Cl)C3(C(=O)c4ccccc4C3=O)[C@H]1C=C2. The van der Waals surface area contributed by atoms with Crippen LogP contribution in [0.1, 0.15) is 51.6 Å². The fourth-order valence-corrected chi connectivity index (χ4v) is 7.00. The maximum atomic E-state index is 14.4. The average Bonchev–Trinajstić information content (AvgIpc) is 3.30. The molecule has 1 aliphatic carbocycles. The van der Waals surface area contributed by atoms with Gasteiger partial charge in [-0.25, -0.2) is 0 Å². The highest BCUT2D eigenvalue weighted by Gasteiger charge is 2.71. The van der Waals surface area contributed by atoms with Crippen molar-refractivity contribution in [1.82, 2.24) is 0 Å². The summed E-state index contributed by atoms with van der Waals surface area (Å²) in [6.45, 7) is 2.72. The second-order valence-corrected chi connectivity index (χ2v) is 10.6. The number of halogens is 2. The number of ether oxygens (including phenoxy) is 1. The lowest BCUT2D eigenvalue weighted by Gasteiger charge is -2.37. The van der Waals surface area contributed by atoms with Crippen molar-refractivity contribution in [2.75, 3.05) is 4.90 Å². The molecule has 0 unspecified atom stereocenters. The number of nitrogens with zero attached hydrogens (tertiary/aromatic N) is 1. The quantitative estimate of drug-likeness (QED) is 0.230. The van der Waals surface area contributed by atoms with Crippen LogP contribution in [-0.4, -0.2) is 35.4 Å². The van der Waals surface area contributed by atoms with Crippen LogP contribution >= 0.6 is 23.2 Å². The van der Waals surface area contributed by atoms with Gasteiger partial charge in [-0.05, 0) is 30.7 Å². The Kier molecular flexibility index (Phi) is 5.60. The highest BCUT2D eigenvalue weighted by atomic mass is 35.5. The molecule has 3 aliphatic rings. The van der Waals surface area contributed by atoms with E-state index in [1.165, 1.54) is 13.8 Å². The first-order valence-electron chi connectivity index (χ1n) is 12.1. The smallest absolute Gasteiger partial charge is 0.308 e. The summed E-state index contributed by atoms with van der Waals surface area (Å²) in [5.41, 5.74) is 0.571. The third-order valence-corrected chi connectivity index (χ3v) is 8.32. The van der Waals surface area contributed by atoms with Gasteiger partial charge >= 0.3 is 5.97 Å². The highest BCUT2D eigenvalue weighted by molar-refractivity contribution is 6.36. The van der Waals surface area contributed by atoms with Gasteiger partial charge in [0.1, 0.15) is 5.41 Å². The number of ketones is 3. The number of hydrogen-bond acceptors (Lipinski definition) is 6. The van der Waals surface area contributed by atoms with E-state index < -0.39 is 29.4 Å². The predicted molar refractivity (Wildman–Crippen MR) is 144 cm³/mol. The van der Waals surface area contributed by atoms with E-state index in [2.05, 4.69) is 0 Å². The van der Waals surface area contributed by atoms with Crippen LogP contribution in [0.5, 0.6) is 5.75 Å².